The molecule has 1 fully saturated rings. The van der Waals surface area contributed by atoms with Crippen LogP contribution in [0.5, 0.6) is 17.2 Å². The summed E-state index contributed by atoms with van der Waals surface area (Å²) >= 11 is 1.04. The first-order chi connectivity index (χ1) is 20.6. The summed E-state index contributed by atoms with van der Waals surface area (Å²) in [5, 5.41) is 11.7. The monoisotopic (exact) mass is 606 g/mol. The van der Waals surface area contributed by atoms with Gasteiger partial charge in [-0.1, -0.05) is 38.2 Å². The van der Waals surface area contributed by atoms with Gasteiger partial charge in [0.25, 0.3) is 5.78 Å². The van der Waals surface area contributed by atoms with E-state index >= 15 is 0 Å². The molecule has 1 N–H and O–H groups in total. The van der Waals surface area contributed by atoms with E-state index in [9.17, 15) is 19.5 Å². The molecule has 0 aliphatic carbocycles. The Morgan fingerprint density at radius 2 is 1.74 bits per heavy atom. The summed E-state index contributed by atoms with van der Waals surface area (Å²) in [6.07, 6.45) is 1.70. The number of anilines is 1. The van der Waals surface area contributed by atoms with Crippen molar-refractivity contribution in [3.8, 4) is 17.2 Å². The Kier molecular flexibility index (Phi) is 10.2. The van der Waals surface area contributed by atoms with E-state index in [-0.39, 0.29) is 22.2 Å². The number of thiazole rings is 1. The fourth-order valence-electron chi connectivity index (χ4n) is 4.73. The molecule has 0 spiro atoms. The van der Waals surface area contributed by atoms with Crippen LogP contribution in [0.3, 0.4) is 0 Å². The van der Waals surface area contributed by atoms with Gasteiger partial charge in [0.2, 0.25) is 0 Å². The van der Waals surface area contributed by atoms with Crippen molar-refractivity contribution in [1.82, 2.24) is 4.98 Å². The van der Waals surface area contributed by atoms with Crippen LogP contribution < -0.4 is 19.1 Å². The van der Waals surface area contributed by atoms with Crippen LogP contribution in [-0.4, -0.2) is 47.4 Å². The van der Waals surface area contributed by atoms with E-state index in [0.717, 1.165) is 24.2 Å². The first-order valence-electron chi connectivity index (χ1n) is 14.5. The molecular weight excluding hydrogens is 568 g/mol. The van der Waals surface area contributed by atoms with Gasteiger partial charge in [0.15, 0.2) is 22.4 Å². The molecule has 1 aliphatic rings. The molecule has 1 unspecified atom stereocenters. The van der Waals surface area contributed by atoms with Crippen molar-refractivity contribution in [2.75, 3.05) is 24.7 Å². The number of hydrogen-bond donors (Lipinski definition) is 1. The number of benzene rings is 2. The second-order valence-electron chi connectivity index (χ2n) is 10.7. The second-order valence-corrected chi connectivity index (χ2v) is 11.7. The number of aliphatic hydroxyl groups is 1. The lowest BCUT2D eigenvalue weighted by Crippen LogP contribution is -2.29. The number of ketones is 2. The Hall–Kier alpha value is -4.18. The maximum atomic E-state index is 13.6. The third kappa shape index (κ3) is 6.91. The number of nitrogens with zero attached hydrogens (tertiary/aromatic N) is 2. The fraction of sp³-hybridized carbons (Fsp3) is 0.394. The average Bonchev–Trinajstić information content (AvgIpc) is 3.49. The Bertz CT molecular complexity index is 1520. The maximum Gasteiger partial charge on any atom is 0.301 e. The lowest BCUT2D eigenvalue weighted by atomic mass is 9.95. The van der Waals surface area contributed by atoms with Crippen molar-refractivity contribution < 1.29 is 33.7 Å². The number of aliphatic hydroxyl groups excluding tert-OH is 1. The Morgan fingerprint density at radius 1 is 1.02 bits per heavy atom. The van der Waals surface area contributed by atoms with E-state index in [1.54, 1.807) is 49.4 Å². The molecule has 43 heavy (non-hydrogen) atoms. The lowest BCUT2D eigenvalue weighted by Gasteiger charge is -2.24. The molecule has 1 atom stereocenters. The third-order valence-corrected chi connectivity index (χ3v) is 8.15. The highest BCUT2D eigenvalue weighted by Crippen LogP contribution is 2.45. The molecule has 0 saturated carbocycles. The molecular formula is C33H38N2O7S. The molecule has 2 aromatic carbocycles. The van der Waals surface area contributed by atoms with Crippen molar-refractivity contribution in [2.45, 2.75) is 60.4 Å². The number of carbonyl (C=O) groups excluding carboxylic acids is 3. The number of carbonyl (C=O) groups is 3. The van der Waals surface area contributed by atoms with E-state index in [1.165, 1.54) is 11.8 Å². The standard InChI is InChI=1S/C33H38N2O7S/c1-7-16-41-24-12-9-22(10-13-24)29(37)27-28(23-11-14-25(26(18-23)40-8-2)42-17-15-19(3)4)35(32(39)30(27)38)33-34-20(5)31(43-33)21(6)36/h9-14,18-19,28,37H,7-8,15-17H2,1-6H3. The minimum absolute atomic E-state index is 0.0969. The molecule has 4 rings (SSSR count). The van der Waals surface area contributed by atoms with Crippen LogP contribution in [0.25, 0.3) is 5.76 Å². The van der Waals surface area contributed by atoms with Crippen LogP contribution in [-0.2, 0) is 9.59 Å². The predicted molar refractivity (Wildman–Crippen MR) is 166 cm³/mol. The highest BCUT2D eigenvalue weighted by atomic mass is 32.1. The van der Waals surface area contributed by atoms with Gasteiger partial charge >= 0.3 is 5.91 Å². The van der Waals surface area contributed by atoms with E-state index in [1.807, 2.05) is 13.8 Å². The average molecular weight is 607 g/mol. The van der Waals surface area contributed by atoms with Crippen LogP contribution in [0, 0.1) is 12.8 Å². The van der Waals surface area contributed by atoms with E-state index in [0.29, 0.717) is 64.7 Å². The second kappa shape index (κ2) is 13.9. The Morgan fingerprint density at radius 3 is 2.35 bits per heavy atom. The number of rotatable bonds is 13. The minimum atomic E-state index is -1.04. The Labute approximate surface area is 256 Å². The van der Waals surface area contributed by atoms with Crippen LogP contribution in [0.1, 0.15) is 80.0 Å². The van der Waals surface area contributed by atoms with Gasteiger partial charge in [-0.3, -0.25) is 19.3 Å². The summed E-state index contributed by atoms with van der Waals surface area (Å²) in [5.74, 6) is -0.163. The van der Waals surface area contributed by atoms with E-state index in [2.05, 4.69) is 18.8 Å². The number of aryl methyl sites for hydroxylation is 1. The predicted octanol–water partition coefficient (Wildman–Crippen LogP) is 6.89. The zero-order valence-electron chi connectivity index (χ0n) is 25.4. The summed E-state index contributed by atoms with van der Waals surface area (Å²) in [7, 11) is 0. The quantitative estimate of drug-likeness (QED) is 0.0968. The van der Waals surface area contributed by atoms with Gasteiger partial charge in [-0.15, -0.1) is 0 Å². The maximum absolute atomic E-state index is 13.6. The van der Waals surface area contributed by atoms with Gasteiger partial charge in [0, 0.05) is 12.5 Å². The molecule has 1 aliphatic heterocycles. The molecule has 3 aromatic rings. The van der Waals surface area contributed by atoms with Crippen LogP contribution in [0.4, 0.5) is 5.13 Å². The summed E-state index contributed by atoms with van der Waals surface area (Å²) < 4.78 is 17.6. The van der Waals surface area contributed by atoms with Crippen LogP contribution >= 0.6 is 11.3 Å². The normalized spacial score (nSPS) is 16.2. The molecule has 228 valence electrons. The molecule has 1 aromatic heterocycles. The van der Waals surface area contributed by atoms with E-state index < -0.39 is 17.7 Å². The zero-order chi connectivity index (χ0) is 31.3. The van der Waals surface area contributed by atoms with Crippen LogP contribution in [0.15, 0.2) is 48.0 Å². The number of amides is 1. The van der Waals surface area contributed by atoms with Gasteiger partial charge in [-0.05, 0) is 74.6 Å². The van der Waals surface area contributed by atoms with Crippen molar-refractivity contribution in [3.05, 3.63) is 69.7 Å². The fourth-order valence-corrected chi connectivity index (χ4v) is 5.72. The molecule has 1 amide bonds. The third-order valence-electron chi connectivity index (χ3n) is 6.89. The van der Waals surface area contributed by atoms with Crippen LogP contribution in [0.2, 0.25) is 0 Å². The summed E-state index contributed by atoms with van der Waals surface area (Å²) in [5.41, 5.74) is 1.23. The van der Waals surface area contributed by atoms with Gasteiger partial charge in [-0.25, -0.2) is 4.98 Å². The highest BCUT2D eigenvalue weighted by Gasteiger charge is 2.48. The van der Waals surface area contributed by atoms with Crippen molar-refractivity contribution in [1.29, 1.82) is 0 Å². The molecule has 0 radical (unpaired) electrons. The first-order valence-corrected chi connectivity index (χ1v) is 15.3. The smallest absolute Gasteiger partial charge is 0.301 e. The van der Waals surface area contributed by atoms with Gasteiger partial charge < -0.3 is 19.3 Å². The largest absolute Gasteiger partial charge is 0.507 e. The molecule has 2 heterocycles. The Balaban J connectivity index is 1.86. The van der Waals surface area contributed by atoms with Gasteiger partial charge in [0.1, 0.15) is 11.5 Å². The van der Waals surface area contributed by atoms with Gasteiger partial charge in [-0.2, -0.15) is 0 Å². The van der Waals surface area contributed by atoms with Gasteiger partial charge in [0.05, 0.1) is 42.0 Å². The summed E-state index contributed by atoms with van der Waals surface area (Å²) in [4.78, 5) is 45.6. The van der Waals surface area contributed by atoms with E-state index in [4.69, 9.17) is 14.2 Å². The number of hydrogen-bond acceptors (Lipinski definition) is 9. The van der Waals surface area contributed by atoms with Crippen molar-refractivity contribution in [2.24, 2.45) is 5.92 Å². The number of ether oxygens (including phenoxy) is 3. The molecule has 0 bridgehead atoms. The summed E-state index contributed by atoms with van der Waals surface area (Å²) in [6.45, 7) is 12.6. The topological polar surface area (TPSA) is 115 Å². The molecule has 10 heteroatoms. The summed E-state index contributed by atoms with van der Waals surface area (Å²) in [6, 6.07) is 10.9. The first kappa shape index (κ1) is 31.7. The molecule has 9 nitrogen and oxygen atoms in total. The SMILES string of the molecule is CCCOc1ccc(C(O)=C2C(=O)C(=O)N(c3nc(C)c(C(C)=O)s3)C2c2ccc(OCCC(C)C)c(OCC)c2)cc1. The van der Waals surface area contributed by atoms with Crippen molar-refractivity contribution >= 4 is 39.7 Å². The lowest BCUT2D eigenvalue weighted by molar-refractivity contribution is -0.132. The number of aromatic nitrogens is 1. The zero-order valence-corrected chi connectivity index (χ0v) is 26.2. The minimum Gasteiger partial charge on any atom is -0.507 e. The highest BCUT2D eigenvalue weighted by molar-refractivity contribution is 7.18. The van der Waals surface area contributed by atoms with Crippen molar-refractivity contribution in [3.63, 3.8) is 0 Å². The number of Topliss-reactive ketones (excluding diaryl/α,β-unsaturated/α-hetero) is 2. The molecule has 1 saturated heterocycles.